The third-order valence-electron chi connectivity index (χ3n) is 5.72. The summed E-state index contributed by atoms with van der Waals surface area (Å²) in [5, 5.41) is 14.3. The van der Waals surface area contributed by atoms with Crippen molar-refractivity contribution in [1.29, 1.82) is 0 Å². The Labute approximate surface area is 202 Å². The molecule has 0 unspecified atom stereocenters. The maximum Gasteiger partial charge on any atom is 0.174 e. The number of hydrogen-bond acceptors (Lipinski definition) is 4. The highest BCUT2D eigenvalue weighted by Crippen LogP contribution is 2.43. The van der Waals surface area contributed by atoms with Crippen LogP contribution in [-0.2, 0) is 0 Å². The summed E-state index contributed by atoms with van der Waals surface area (Å²) >= 11 is 12.3. The zero-order valence-electron chi connectivity index (χ0n) is 17.7. The number of aromatic hydroxyl groups is 1. The molecular weight excluding hydrogens is 456 g/mol. The lowest BCUT2D eigenvalue weighted by atomic mass is 10.0. The molecule has 2 atom stereocenters. The molecule has 2 N–H and O–H groups in total. The number of phenols is 1. The monoisotopic (exact) mass is 476 g/mol. The summed E-state index contributed by atoms with van der Waals surface area (Å²) < 4.78 is 7.42. The molecule has 0 bridgehead atoms. The minimum absolute atomic E-state index is 0.189. The molecule has 2 aromatic heterocycles. The lowest BCUT2D eigenvalue weighted by Crippen LogP contribution is -2.30. The number of methoxy groups -OCH3 is 1. The van der Waals surface area contributed by atoms with Crippen LogP contribution in [0.1, 0.15) is 23.5 Å². The lowest BCUT2D eigenvalue weighted by Gasteiger charge is -2.29. The number of rotatable bonds is 5. The Bertz CT molecular complexity index is 1290. The standard InChI is InChI=1S/C25H21ClN4O2S/c1-32-22-12-9-17(15-19(22)26)30-24(23(28-25(30)33)20-5-2-3-13-27-20)21-6-4-14-29(21)16-7-10-18(31)11-8-16/h2-15,23-24,31H,1H3,(H,28,33)/t23-,24+/m1/s1. The van der Waals surface area contributed by atoms with Crippen LogP contribution in [0.15, 0.2) is 85.2 Å². The second kappa shape index (κ2) is 8.77. The number of anilines is 1. The van der Waals surface area contributed by atoms with Gasteiger partial charge in [-0.15, -0.1) is 0 Å². The van der Waals surface area contributed by atoms with Gasteiger partial charge in [-0.1, -0.05) is 17.7 Å². The predicted octanol–water partition coefficient (Wildman–Crippen LogP) is 5.42. The summed E-state index contributed by atoms with van der Waals surface area (Å²) in [5.41, 5.74) is 3.67. The van der Waals surface area contributed by atoms with E-state index in [4.69, 9.17) is 28.6 Å². The maximum atomic E-state index is 9.74. The number of hydrogen-bond donors (Lipinski definition) is 2. The fraction of sp³-hybridized carbons (Fsp3) is 0.120. The van der Waals surface area contributed by atoms with Crippen LogP contribution in [0.3, 0.4) is 0 Å². The Morgan fingerprint density at radius 2 is 1.82 bits per heavy atom. The molecule has 2 aromatic carbocycles. The summed E-state index contributed by atoms with van der Waals surface area (Å²) in [7, 11) is 1.59. The second-order valence-corrected chi connectivity index (χ2v) is 8.43. The molecule has 8 heteroatoms. The van der Waals surface area contributed by atoms with Gasteiger partial charge in [0.2, 0.25) is 0 Å². The summed E-state index contributed by atoms with van der Waals surface area (Å²) in [6, 6.07) is 22.3. The van der Waals surface area contributed by atoms with Crippen molar-refractivity contribution in [1.82, 2.24) is 14.9 Å². The molecule has 4 aromatic rings. The Morgan fingerprint density at radius 1 is 1.03 bits per heavy atom. The Balaban J connectivity index is 1.66. The molecule has 33 heavy (non-hydrogen) atoms. The Kier molecular flexibility index (Phi) is 5.66. The molecule has 6 nitrogen and oxygen atoms in total. The van der Waals surface area contributed by atoms with Gasteiger partial charge >= 0.3 is 0 Å². The van der Waals surface area contributed by atoms with Crippen LogP contribution in [-0.4, -0.2) is 26.9 Å². The van der Waals surface area contributed by atoms with E-state index in [0.29, 0.717) is 15.9 Å². The van der Waals surface area contributed by atoms with Crippen molar-refractivity contribution < 1.29 is 9.84 Å². The first-order chi connectivity index (χ1) is 16.1. The van der Waals surface area contributed by atoms with Crippen LogP contribution in [0.25, 0.3) is 5.69 Å². The van der Waals surface area contributed by atoms with E-state index in [9.17, 15) is 5.11 Å². The first-order valence-corrected chi connectivity index (χ1v) is 11.2. The van der Waals surface area contributed by atoms with Crippen LogP contribution < -0.4 is 15.0 Å². The number of aromatic nitrogens is 2. The van der Waals surface area contributed by atoms with E-state index in [2.05, 4.69) is 25.8 Å². The van der Waals surface area contributed by atoms with E-state index in [1.165, 1.54) is 0 Å². The minimum atomic E-state index is -0.208. The van der Waals surface area contributed by atoms with Crippen molar-refractivity contribution in [3.8, 4) is 17.2 Å². The quantitative estimate of drug-likeness (QED) is 0.375. The smallest absolute Gasteiger partial charge is 0.174 e. The van der Waals surface area contributed by atoms with Crippen molar-refractivity contribution in [2.75, 3.05) is 12.0 Å². The van der Waals surface area contributed by atoms with Crippen LogP contribution >= 0.6 is 23.8 Å². The first kappa shape index (κ1) is 21.3. The molecule has 3 heterocycles. The molecule has 0 aliphatic carbocycles. The molecular formula is C25H21ClN4O2S. The molecule has 1 aliphatic heterocycles. The Hall–Kier alpha value is -3.55. The van der Waals surface area contributed by atoms with Gasteiger partial charge < -0.3 is 24.6 Å². The maximum absolute atomic E-state index is 9.74. The third kappa shape index (κ3) is 3.90. The molecule has 0 radical (unpaired) electrons. The van der Waals surface area contributed by atoms with Gasteiger partial charge in [0.25, 0.3) is 0 Å². The number of benzene rings is 2. The zero-order valence-corrected chi connectivity index (χ0v) is 19.3. The van der Waals surface area contributed by atoms with Gasteiger partial charge in [0, 0.05) is 29.5 Å². The average Bonchev–Trinajstić information content (AvgIpc) is 3.44. The van der Waals surface area contributed by atoms with Gasteiger partial charge in [-0.2, -0.15) is 0 Å². The molecule has 0 saturated carbocycles. The predicted molar refractivity (Wildman–Crippen MR) is 133 cm³/mol. The van der Waals surface area contributed by atoms with Gasteiger partial charge in [-0.3, -0.25) is 4.98 Å². The summed E-state index contributed by atoms with van der Waals surface area (Å²) in [6.45, 7) is 0. The molecule has 0 spiro atoms. The van der Waals surface area contributed by atoms with Gasteiger partial charge in [-0.05, 0) is 78.9 Å². The van der Waals surface area contributed by atoms with Crippen LogP contribution in [0, 0.1) is 0 Å². The number of phenolic OH excluding ortho intramolecular Hbond substituents is 1. The topological polar surface area (TPSA) is 62.5 Å². The molecule has 166 valence electrons. The number of ether oxygens (including phenoxy) is 1. The highest BCUT2D eigenvalue weighted by atomic mass is 35.5. The highest BCUT2D eigenvalue weighted by Gasteiger charge is 2.42. The number of halogens is 1. The largest absolute Gasteiger partial charge is 0.508 e. The number of nitrogens with zero attached hydrogens (tertiary/aromatic N) is 3. The zero-order chi connectivity index (χ0) is 22.9. The molecule has 1 saturated heterocycles. The van der Waals surface area contributed by atoms with E-state index < -0.39 is 0 Å². The van der Waals surface area contributed by atoms with E-state index >= 15 is 0 Å². The molecule has 1 aliphatic rings. The van der Waals surface area contributed by atoms with Crippen molar-refractivity contribution >= 4 is 34.6 Å². The molecule has 1 fully saturated rings. The van der Waals surface area contributed by atoms with Crippen molar-refractivity contribution in [3.05, 3.63) is 102 Å². The van der Waals surface area contributed by atoms with E-state index in [1.807, 2.05) is 60.8 Å². The number of pyridine rings is 1. The van der Waals surface area contributed by atoms with Crippen molar-refractivity contribution in [2.24, 2.45) is 0 Å². The third-order valence-corrected chi connectivity index (χ3v) is 6.33. The normalized spacial score (nSPS) is 17.8. The minimum Gasteiger partial charge on any atom is -0.508 e. The fourth-order valence-electron chi connectivity index (χ4n) is 4.22. The summed E-state index contributed by atoms with van der Waals surface area (Å²) in [6.07, 6.45) is 3.78. The van der Waals surface area contributed by atoms with Crippen molar-refractivity contribution in [2.45, 2.75) is 12.1 Å². The number of thiocarbonyl (C=S) groups is 1. The average molecular weight is 477 g/mol. The van der Waals surface area contributed by atoms with Gasteiger partial charge in [0.1, 0.15) is 17.5 Å². The van der Waals surface area contributed by atoms with Gasteiger partial charge in [0.15, 0.2) is 5.11 Å². The van der Waals surface area contributed by atoms with Crippen LogP contribution in [0.2, 0.25) is 5.02 Å². The van der Waals surface area contributed by atoms with E-state index in [0.717, 1.165) is 22.8 Å². The van der Waals surface area contributed by atoms with E-state index in [-0.39, 0.29) is 17.8 Å². The van der Waals surface area contributed by atoms with Crippen LogP contribution in [0.4, 0.5) is 5.69 Å². The molecule has 0 amide bonds. The van der Waals surface area contributed by atoms with Gasteiger partial charge in [0.05, 0.1) is 23.9 Å². The highest BCUT2D eigenvalue weighted by molar-refractivity contribution is 7.80. The SMILES string of the molecule is COc1ccc(N2C(=S)N[C@H](c3ccccn3)[C@@H]2c2cccn2-c2ccc(O)cc2)cc1Cl. The Morgan fingerprint density at radius 3 is 2.52 bits per heavy atom. The van der Waals surface area contributed by atoms with Crippen molar-refractivity contribution in [3.63, 3.8) is 0 Å². The summed E-state index contributed by atoms with van der Waals surface area (Å²) in [4.78, 5) is 6.67. The first-order valence-electron chi connectivity index (χ1n) is 10.4. The van der Waals surface area contributed by atoms with Crippen LogP contribution in [0.5, 0.6) is 11.5 Å². The van der Waals surface area contributed by atoms with Gasteiger partial charge in [-0.25, -0.2) is 0 Å². The molecule has 5 rings (SSSR count). The number of nitrogens with one attached hydrogen (secondary N) is 1. The summed E-state index contributed by atoms with van der Waals surface area (Å²) in [5.74, 6) is 0.820. The second-order valence-electron chi connectivity index (χ2n) is 7.63. The fourth-order valence-corrected chi connectivity index (χ4v) is 4.82. The lowest BCUT2D eigenvalue weighted by molar-refractivity contribution is 0.415. The van der Waals surface area contributed by atoms with E-state index in [1.54, 1.807) is 25.4 Å².